The first kappa shape index (κ1) is 12.8. The largest absolute Gasteiger partial charge is 0.504 e. The summed E-state index contributed by atoms with van der Waals surface area (Å²) in [4.78, 5) is 13.3. The van der Waals surface area contributed by atoms with Gasteiger partial charge in [-0.2, -0.15) is 5.26 Å². The number of carbonyl (C=O) groups is 1. The molecule has 1 aromatic carbocycles. The van der Waals surface area contributed by atoms with Crippen LogP contribution in [0.3, 0.4) is 0 Å². The van der Waals surface area contributed by atoms with Crippen molar-refractivity contribution in [2.45, 2.75) is 13.3 Å². The standard InChI is InChI=1S/C12H14N2O3/c1-2-7-14(8-6-13)12(17)9-4-3-5-10(15)11(9)16/h3-5,15-16H,2,7-8H2,1H3. The van der Waals surface area contributed by atoms with E-state index in [-0.39, 0.29) is 17.9 Å². The minimum absolute atomic E-state index is 0.00806. The van der Waals surface area contributed by atoms with Crippen LogP contribution in [0.4, 0.5) is 0 Å². The molecule has 0 radical (unpaired) electrons. The van der Waals surface area contributed by atoms with E-state index in [1.807, 2.05) is 13.0 Å². The minimum atomic E-state index is -0.457. The summed E-state index contributed by atoms with van der Waals surface area (Å²) in [5.74, 6) is -1.25. The van der Waals surface area contributed by atoms with Crippen LogP contribution in [0.15, 0.2) is 18.2 Å². The van der Waals surface area contributed by atoms with Crippen molar-refractivity contribution in [3.63, 3.8) is 0 Å². The molecule has 0 aromatic heterocycles. The molecule has 0 aliphatic rings. The molecule has 0 aliphatic carbocycles. The second kappa shape index (κ2) is 5.75. The molecule has 0 bridgehead atoms. The average Bonchev–Trinajstić information content (AvgIpc) is 2.31. The summed E-state index contributed by atoms with van der Waals surface area (Å²) in [5.41, 5.74) is 0.00806. The third-order valence-electron chi connectivity index (χ3n) is 2.29. The highest BCUT2D eigenvalue weighted by Crippen LogP contribution is 2.29. The number of aromatic hydroxyl groups is 2. The predicted octanol–water partition coefficient (Wildman–Crippen LogP) is 1.47. The molecule has 1 rings (SSSR count). The lowest BCUT2D eigenvalue weighted by Gasteiger charge is -2.19. The Labute approximate surface area is 99.5 Å². The molecule has 0 aliphatic heterocycles. The molecular weight excluding hydrogens is 220 g/mol. The number of carbonyl (C=O) groups excluding carboxylic acids is 1. The second-order valence-electron chi connectivity index (χ2n) is 3.56. The molecule has 0 atom stereocenters. The van der Waals surface area contributed by atoms with Gasteiger partial charge in [0.25, 0.3) is 5.91 Å². The third kappa shape index (κ3) is 2.88. The normalized spacial score (nSPS) is 9.65. The van der Waals surface area contributed by atoms with Crippen LogP contribution in [-0.4, -0.2) is 34.1 Å². The first-order chi connectivity index (χ1) is 8.11. The fraction of sp³-hybridized carbons (Fsp3) is 0.333. The number of rotatable bonds is 4. The molecule has 5 heteroatoms. The molecule has 5 nitrogen and oxygen atoms in total. The molecule has 17 heavy (non-hydrogen) atoms. The number of para-hydroxylation sites is 1. The van der Waals surface area contributed by atoms with Gasteiger partial charge in [-0.15, -0.1) is 0 Å². The van der Waals surface area contributed by atoms with Crippen LogP contribution in [0, 0.1) is 11.3 Å². The highest BCUT2D eigenvalue weighted by atomic mass is 16.3. The van der Waals surface area contributed by atoms with Gasteiger partial charge in [-0.1, -0.05) is 13.0 Å². The lowest BCUT2D eigenvalue weighted by Crippen LogP contribution is -2.32. The fourth-order valence-corrected chi connectivity index (χ4v) is 1.48. The van der Waals surface area contributed by atoms with Gasteiger partial charge >= 0.3 is 0 Å². The highest BCUT2D eigenvalue weighted by Gasteiger charge is 2.19. The minimum Gasteiger partial charge on any atom is -0.504 e. The maximum Gasteiger partial charge on any atom is 0.258 e. The van der Waals surface area contributed by atoms with Crippen molar-refractivity contribution in [3.8, 4) is 17.6 Å². The number of hydrogen-bond donors (Lipinski definition) is 2. The second-order valence-corrected chi connectivity index (χ2v) is 3.56. The van der Waals surface area contributed by atoms with E-state index >= 15 is 0 Å². The van der Waals surface area contributed by atoms with Gasteiger partial charge in [0, 0.05) is 6.54 Å². The van der Waals surface area contributed by atoms with Crippen LogP contribution < -0.4 is 0 Å². The van der Waals surface area contributed by atoms with Crippen LogP contribution in [0.1, 0.15) is 23.7 Å². The first-order valence-corrected chi connectivity index (χ1v) is 5.29. The van der Waals surface area contributed by atoms with Gasteiger partial charge in [0.1, 0.15) is 6.54 Å². The maximum atomic E-state index is 12.0. The Kier molecular flexibility index (Phi) is 4.35. The summed E-state index contributed by atoms with van der Waals surface area (Å²) in [6, 6.07) is 6.08. The molecule has 0 heterocycles. The molecule has 0 unspecified atom stereocenters. The molecule has 2 N–H and O–H groups in total. The van der Waals surface area contributed by atoms with Crippen LogP contribution in [0.2, 0.25) is 0 Å². The van der Waals surface area contributed by atoms with Crippen LogP contribution in [0.25, 0.3) is 0 Å². The first-order valence-electron chi connectivity index (χ1n) is 5.29. The van der Waals surface area contributed by atoms with Crippen LogP contribution >= 0.6 is 0 Å². The Morgan fingerprint density at radius 1 is 1.47 bits per heavy atom. The van der Waals surface area contributed by atoms with E-state index in [1.54, 1.807) is 0 Å². The highest BCUT2D eigenvalue weighted by molar-refractivity contribution is 5.97. The molecule has 0 spiro atoms. The zero-order valence-corrected chi connectivity index (χ0v) is 9.55. The number of hydrogen-bond acceptors (Lipinski definition) is 4. The quantitative estimate of drug-likeness (QED) is 0.610. The van der Waals surface area contributed by atoms with Gasteiger partial charge < -0.3 is 15.1 Å². The molecule has 1 aromatic rings. The van der Waals surface area contributed by atoms with Gasteiger partial charge in [-0.3, -0.25) is 4.79 Å². The van der Waals surface area contributed by atoms with E-state index in [0.717, 1.165) is 0 Å². The van der Waals surface area contributed by atoms with Crippen molar-refractivity contribution >= 4 is 5.91 Å². The van der Waals surface area contributed by atoms with Crippen molar-refractivity contribution in [3.05, 3.63) is 23.8 Å². The Balaban J connectivity index is 3.01. The number of nitrogens with zero attached hydrogens (tertiary/aromatic N) is 2. The van der Waals surface area contributed by atoms with Gasteiger partial charge in [-0.05, 0) is 18.6 Å². The van der Waals surface area contributed by atoms with Gasteiger partial charge in [0.2, 0.25) is 0 Å². The Bertz CT molecular complexity index is 452. The van der Waals surface area contributed by atoms with E-state index in [0.29, 0.717) is 13.0 Å². The number of phenolic OH excluding ortho intramolecular Hbond substituents is 2. The number of amides is 1. The molecule has 90 valence electrons. The van der Waals surface area contributed by atoms with Crippen molar-refractivity contribution in [2.24, 2.45) is 0 Å². The Hall–Kier alpha value is -2.22. The molecule has 0 fully saturated rings. The van der Waals surface area contributed by atoms with E-state index in [1.165, 1.54) is 23.1 Å². The van der Waals surface area contributed by atoms with Crippen molar-refractivity contribution in [2.75, 3.05) is 13.1 Å². The Morgan fingerprint density at radius 2 is 2.18 bits per heavy atom. The smallest absolute Gasteiger partial charge is 0.258 e. The molecule has 0 saturated carbocycles. The van der Waals surface area contributed by atoms with Crippen molar-refractivity contribution < 1.29 is 15.0 Å². The summed E-state index contributed by atoms with van der Waals surface area (Å²) in [6.45, 7) is 2.28. The lowest BCUT2D eigenvalue weighted by molar-refractivity contribution is 0.0772. The maximum absolute atomic E-state index is 12.0. The zero-order chi connectivity index (χ0) is 12.8. The molecular formula is C12H14N2O3. The predicted molar refractivity (Wildman–Crippen MR) is 61.6 cm³/mol. The molecule has 0 saturated heterocycles. The average molecular weight is 234 g/mol. The van der Waals surface area contributed by atoms with E-state index < -0.39 is 11.7 Å². The summed E-state index contributed by atoms with van der Waals surface area (Å²) >= 11 is 0. The van der Waals surface area contributed by atoms with E-state index in [4.69, 9.17) is 5.26 Å². The summed E-state index contributed by atoms with van der Waals surface area (Å²) in [5, 5.41) is 27.5. The summed E-state index contributed by atoms with van der Waals surface area (Å²) in [6.07, 6.45) is 0.715. The van der Waals surface area contributed by atoms with Gasteiger partial charge in [0.05, 0.1) is 11.6 Å². The topological polar surface area (TPSA) is 84.6 Å². The fourth-order valence-electron chi connectivity index (χ4n) is 1.48. The number of benzene rings is 1. The van der Waals surface area contributed by atoms with Crippen LogP contribution in [-0.2, 0) is 0 Å². The number of phenols is 2. The monoisotopic (exact) mass is 234 g/mol. The SMILES string of the molecule is CCCN(CC#N)C(=O)c1cccc(O)c1O. The number of nitriles is 1. The van der Waals surface area contributed by atoms with Crippen LogP contribution in [0.5, 0.6) is 11.5 Å². The lowest BCUT2D eigenvalue weighted by atomic mass is 10.1. The van der Waals surface area contributed by atoms with Gasteiger partial charge in [0.15, 0.2) is 11.5 Å². The van der Waals surface area contributed by atoms with Gasteiger partial charge in [-0.25, -0.2) is 0 Å². The zero-order valence-electron chi connectivity index (χ0n) is 9.55. The third-order valence-corrected chi connectivity index (χ3v) is 2.29. The summed E-state index contributed by atoms with van der Waals surface area (Å²) < 4.78 is 0. The van der Waals surface area contributed by atoms with Crippen molar-refractivity contribution in [1.82, 2.24) is 4.90 Å². The van der Waals surface area contributed by atoms with E-state index in [2.05, 4.69) is 0 Å². The van der Waals surface area contributed by atoms with E-state index in [9.17, 15) is 15.0 Å². The summed E-state index contributed by atoms with van der Waals surface area (Å²) in [7, 11) is 0. The van der Waals surface area contributed by atoms with Crippen molar-refractivity contribution in [1.29, 1.82) is 5.26 Å². The molecule has 1 amide bonds. The Morgan fingerprint density at radius 3 is 2.76 bits per heavy atom.